The summed E-state index contributed by atoms with van der Waals surface area (Å²) in [6, 6.07) is 2.39. The minimum atomic E-state index is -0.604. The van der Waals surface area contributed by atoms with Gasteiger partial charge in [-0.05, 0) is 0 Å². The Labute approximate surface area is 150 Å². The van der Waals surface area contributed by atoms with Crippen molar-refractivity contribution in [2.45, 2.75) is 6.54 Å². The molecule has 0 spiro atoms. The van der Waals surface area contributed by atoms with E-state index in [4.69, 9.17) is 9.15 Å². The Morgan fingerprint density at radius 2 is 2.11 bits per heavy atom. The number of fused-ring (bicyclic) bond motifs is 2. The first kappa shape index (κ1) is 16.7. The lowest BCUT2D eigenvalue weighted by Crippen LogP contribution is -2.23. The predicted molar refractivity (Wildman–Crippen MR) is 91.9 cm³/mol. The number of amides is 1. The zero-order valence-electron chi connectivity index (χ0n) is 14.3. The maximum atomic E-state index is 13.7. The fourth-order valence-corrected chi connectivity index (χ4v) is 2.62. The van der Waals surface area contributed by atoms with Crippen molar-refractivity contribution in [3.8, 4) is 5.75 Å². The Bertz CT molecular complexity index is 1240. The Morgan fingerprint density at radius 3 is 2.89 bits per heavy atom. The van der Waals surface area contributed by atoms with Crippen molar-refractivity contribution in [3.05, 3.63) is 41.0 Å². The smallest absolute Gasteiger partial charge is 0.302 e. The quantitative estimate of drug-likeness (QED) is 0.569. The van der Waals surface area contributed by atoms with Crippen LogP contribution in [-0.2, 0) is 18.4 Å². The Hall–Kier alpha value is -3.76. The summed E-state index contributed by atoms with van der Waals surface area (Å²) in [7, 11) is 2.89. The van der Waals surface area contributed by atoms with Crippen LogP contribution in [0.15, 0.2) is 34.0 Å². The van der Waals surface area contributed by atoms with E-state index < -0.39 is 11.7 Å². The molecule has 1 aromatic carbocycles. The molecule has 0 atom stereocenters. The van der Waals surface area contributed by atoms with E-state index in [2.05, 4.69) is 20.3 Å². The van der Waals surface area contributed by atoms with Crippen molar-refractivity contribution in [3.63, 3.8) is 0 Å². The summed E-state index contributed by atoms with van der Waals surface area (Å²) in [6.45, 7) is -0.201. The Morgan fingerprint density at radius 1 is 1.33 bits per heavy atom. The number of halogens is 1. The highest BCUT2D eigenvalue weighted by atomic mass is 19.1. The van der Waals surface area contributed by atoms with E-state index in [-0.39, 0.29) is 40.6 Å². The van der Waals surface area contributed by atoms with Crippen LogP contribution < -0.4 is 15.6 Å². The summed E-state index contributed by atoms with van der Waals surface area (Å²) < 4.78 is 26.6. The molecular weight excluding hydrogens is 359 g/mol. The van der Waals surface area contributed by atoms with Crippen LogP contribution in [0.25, 0.3) is 22.3 Å². The molecule has 1 N–H and O–H groups in total. The molecule has 0 fully saturated rings. The van der Waals surface area contributed by atoms with Crippen LogP contribution in [0.4, 0.5) is 10.4 Å². The van der Waals surface area contributed by atoms with E-state index in [9.17, 15) is 14.0 Å². The van der Waals surface area contributed by atoms with E-state index in [1.165, 1.54) is 35.0 Å². The van der Waals surface area contributed by atoms with Crippen molar-refractivity contribution in [2.24, 2.45) is 7.05 Å². The first-order valence-corrected chi connectivity index (χ1v) is 7.76. The predicted octanol–water partition coefficient (Wildman–Crippen LogP) is 1.06. The van der Waals surface area contributed by atoms with Gasteiger partial charge in [0, 0.05) is 19.2 Å². The lowest BCUT2D eigenvalue weighted by molar-refractivity contribution is -0.116. The van der Waals surface area contributed by atoms with E-state index in [0.29, 0.717) is 5.52 Å². The minimum Gasteiger partial charge on any atom is -0.494 e. The topological polar surface area (TPSA) is 117 Å². The van der Waals surface area contributed by atoms with Gasteiger partial charge in [-0.1, -0.05) is 0 Å². The first-order valence-electron chi connectivity index (χ1n) is 7.76. The van der Waals surface area contributed by atoms with Gasteiger partial charge in [0.05, 0.1) is 19.8 Å². The number of benzene rings is 1. The molecule has 0 unspecified atom stereocenters. The van der Waals surface area contributed by atoms with Gasteiger partial charge in [-0.25, -0.2) is 14.4 Å². The monoisotopic (exact) mass is 372 g/mol. The molecular formula is C16H13FN6O4. The highest BCUT2D eigenvalue weighted by molar-refractivity contribution is 5.90. The third-order valence-electron chi connectivity index (χ3n) is 3.92. The number of hydrogen-bond acceptors (Lipinski definition) is 7. The van der Waals surface area contributed by atoms with Gasteiger partial charge < -0.3 is 18.3 Å². The molecule has 10 nitrogen and oxygen atoms in total. The van der Waals surface area contributed by atoms with Gasteiger partial charge in [0.25, 0.3) is 5.56 Å². The fraction of sp³-hybridized carbons (Fsp3) is 0.188. The molecule has 0 radical (unpaired) electrons. The molecule has 1 amide bonds. The fourth-order valence-electron chi connectivity index (χ4n) is 2.62. The van der Waals surface area contributed by atoms with Crippen LogP contribution in [0.3, 0.4) is 0 Å². The third kappa shape index (κ3) is 2.88. The van der Waals surface area contributed by atoms with Crippen LogP contribution in [0, 0.1) is 5.82 Å². The van der Waals surface area contributed by atoms with Gasteiger partial charge in [0.15, 0.2) is 28.3 Å². The third-order valence-corrected chi connectivity index (χ3v) is 3.92. The lowest BCUT2D eigenvalue weighted by Gasteiger charge is -2.03. The van der Waals surface area contributed by atoms with Crippen LogP contribution in [-0.4, -0.2) is 37.1 Å². The van der Waals surface area contributed by atoms with Gasteiger partial charge in [0.2, 0.25) is 5.91 Å². The second-order valence-electron chi connectivity index (χ2n) is 5.73. The van der Waals surface area contributed by atoms with Crippen LogP contribution >= 0.6 is 0 Å². The zero-order valence-corrected chi connectivity index (χ0v) is 14.3. The molecule has 0 aliphatic rings. The van der Waals surface area contributed by atoms with Gasteiger partial charge in [-0.15, -0.1) is 0 Å². The van der Waals surface area contributed by atoms with Gasteiger partial charge >= 0.3 is 6.01 Å². The average Bonchev–Trinajstić information content (AvgIpc) is 3.20. The summed E-state index contributed by atoms with van der Waals surface area (Å²) in [5.74, 6) is -1.09. The van der Waals surface area contributed by atoms with Gasteiger partial charge in [-0.3, -0.25) is 14.9 Å². The zero-order chi connectivity index (χ0) is 19.1. The SMILES string of the molecule is COc1cc2nc(NC(=O)Cn3cnc4ncn(C)c(=O)c43)oc2cc1F. The van der Waals surface area contributed by atoms with E-state index in [0.717, 1.165) is 6.07 Å². The number of aryl methyl sites for hydroxylation is 1. The number of nitrogens with one attached hydrogen (secondary N) is 1. The van der Waals surface area contributed by atoms with Crippen LogP contribution in [0.5, 0.6) is 5.75 Å². The van der Waals surface area contributed by atoms with Crippen molar-refractivity contribution in [2.75, 3.05) is 12.4 Å². The number of methoxy groups -OCH3 is 1. The highest BCUT2D eigenvalue weighted by Gasteiger charge is 2.16. The molecule has 3 aromatic heterocycles. The summed E-state index contributed by atoms with van der Waals surface area (Å²) in [4.78, 5) is 36.6. The summed E-state index contributed by atoms with van der Waals surface area (Å²) >= 11 is 0. The molecule has 27 heavy (non-hydrogen) atoms. The lowest BCUT2D eigenvalue weighted by atomic mass is 10.3. The second kappa shape index (κ2) is 6.20. The van der Waals surface area contributed by atoms with Crippen molar-refractivity contribution < 1.29 is 18.3 Å². The Kier molecular flexibility index (Phi) is 3.83. The van der Waals surface area contributed by atoms with E-state index in [1.807, 2.05) is 0 Å². The van der Waals surface area contributed by atoms with Crippen LogP contribution in [0.1, 0.15) is 0 Å². The van der Waals surface area contributed by atoms with Gasteiger partial charge in [0.1, 0.15) is 12.1 Å². The highest BCUT2D eigenvalue weighted by Crippen LogP contribution is 2.26. The number of oxazole rings is 1. The number of nitrogens with zero attached hydrogens (tertiary/aromatic N) is 5. The van der Waals surface area contributed by atoms with Gasteiger partial charge in [-0.2, -0.15) is 4.98 Å². The number of carbonyl (C=O) groups excluding carboxylic acids is 1. The second-order valence-corrected chi connectivity index (χ2v) is 5.73. The number of carbonyl (C=O) groups is 1. The maximum absolute atomic E-state index is 13.7. The summed E-state index contributed by atoms with van der Waals surface area (Å²) in [5, 5.41) is 2.47. The van der Waals surface area contributed by atoms with E-state index >= 15 is 0 Å². The minimum absolute atomic E-state index is 0.0157. The molecule has 4 aromatic rings. The van der Waals surface area contributed by atoms with Crippen molar-refractivity contribution in [1.82, 2.24) is 24.1 Å². The normalized spacial score (nSPS) is 11.2. The largest absolute Gasteiger partial charge is 0.494 e. The molecule has 0 aliphatic heterocycles. The molecule has 4 rings (SSSR count). The summed E-state index contributed by atoms with van der Waals surface area (Å²) in [5.41, 5.74) is 0.619. The number of imidazole rings is 1. The molecule has 0 aliphatic carbocycles. The van der Waals surface area contributed by atoms with Crippen molar-refractivity contribution in [1.29, 1.82) is 0 Å². The number of anilines is 1. The number of ether oxygens (including phenoxy) is 1. The average molecular weight is 372 g/mol. The Balaban J connectivity index is 1.59. The molecule has 0 saturated heterocycles. The first-order chi connectivity index (χ1) is 13.0. The molecule has 11 heteroatoms. The van der Waals surface area contributed by atoms with E-state index in [1.54, 1.807) is 7.05 Å². The number of hydrogen-bond donors (Lipinski definition) is 1. The maximum Gasteiger partial charge on any atom is 0.302 e. The molecule has 3 heterocycles. The number of rotatable bonds is 4. The van der Waals surface area contributed by atoms with Crippen LogP contribution in [0.2, 0.25) is 0 Å². The standard InChI is InChI=1S/C16H13FN6O4/c1-22-6-18-14-13(15(22)25)23(7-19-14)5-12(24)21-16-20-9-4-10(26-2)8(17)3-11(9)27-16/h3-4,6-7H,5H2,1-2H3,(H,20,21,24). The number of aromatic nitrogens is 5. The van der Waals surface area contributed by atoms with Crippen molar-refractivity contribution >= 4 is 34.2 Å². The molecule has 0 bridgehead atoms. The molecule has 138 valence electrons. The molecule has 0 saturated carbocycles. The summed E-state index contributed by atoms with van der Waals surface area (Å²) in [6.07, 6.45) is 2.71.